The van der Waals surface area contributed by atoms with Gasteiger partial charge < -0.3 is 24.6 Å². The average Bonchev–Trinajstić information content (AvgIpc) is 2.57. The summed E-state index contributed by atoms with van der Waals surface area (Å²) in [5, 5.41) is 12.7. The Balaban J connectivity index is 2.92. The number of nitrogens with one attached hydrogen (secondary N) is 1. The molecule has 0 heterocycles. The predicted molar refractivity (Wildman–Crippen MR) is 88.5 cm³/mol. The van der Waals surface area contributed by atoms with E-state index in [2.05, 4.69) is 5.32 Å². The number of hydrogen-bond acceptors (Lipinski definition) is 5. The van der Waals surface area contributed by atoms with Crippen LogP contribution in [0.1, 0.15) is 32.3 Å². The highest BCUT2D eigenvalue weighted by Crippen LogP contribution is 2.39. The molecule has 0 unspecified atom stereocenters. The highest BCUT2D eigenvalue weighted by atomic mass is 16.5. The number of benzene rings is 1. The summed E-state index contributed by atoms with van der Waals surface area (Å²) in [5.41, 5.74) is 0.140. The van der Waals surface area contributed by atoms with E-state index < -0.39 is 11.4 Å². The standard InChI is InChI=1S/C17H27NO5/c1-6-17(7-2,16(19)20)11-18-10-12-8-9-13(21-3)15(23-5)14(12)22-4/h8-9,18H,6-7,10-11H2,1-5H3,(H,19,20). The molecular weight excluding hydrogens is 298 g/mol. The molecule has 0 aliphatic rings. The van der Waals surface area contributed by atoms with E-state index in [0.717, 1.165) is 5.56 Å². The highest BCUT2D eigenvalue weighted by molar-refractivity contribution is 5.74. The Kier molecular flexibility index (Phi) is 7.16. The number of carboxylic acid groups (broad SMARTS) is 1. The van der Waals surface area contributed by atoms with Crippen LogP contribution in [0, 0.1) is 5.41 Å². The lowest BCUT2D eigenvalue weighted by Crippen LogP contribution is -2.40. The number of aliphatic carboxylic acids is 1. The molecule has 2 N–H and O–H groups in total. The molecule has 1 rings (SSSR count). The topological polar surface area (TPSA) is 77.0 Å². The van der Waals surface area contributed by atoms with Crippen LogP contribution >= 0.6 is 0 Å². The minimum atomic E-state index is -0.769. The number of carbonyl (C=O) groups is 1. The van der Waals surface area contributed by atoms with Crippen molar-refractivity contribution in [3.63, 3.8) is 0 Å². The highest BCUT2D eigenvalue weighted by Gasteiger charge is 2.34. The van der Waals surface area contributed by atoms with Gasteiger partial charge in [0.25, 0.3) is 0 Å². The molecule has 0 fully saturated rings. The fourth-order valence-electron chi connectivity index (χ4n) is 2.62. The average molecular weight is 325 g/mol. The Hall–Kier alpha value is -1.95. The zero-order valence-corrected chi connectivity index (χ0v) is 14.6. The van der Waals surface area contributed by atoms with Crippen molar-refractivity contribution in [3.05, 3.63) is 17.7 Å². The Morgan fingerprint density at radius 1 is 1.09 bits per heavy atom. The molecule has 0 bridgehead atoms. The third-order valence-electron chi connectivity index (χ3n) is 4.37. The second-order valence-electron chi connectivity index (χ2n) is 5.39. The van der Waals surface area contributed by atoms with Crippen LogP contribution in [0.15, 0.2) is 12.1 Å². The van der Waals surface area contributed by atoms with Crippen molar-refractivity contribution in [2.24, 2.45) is 5.41 Å². The molecule has 0 saturated heterocycles. The molecule has 130 valence electrons. The van der Waals surface area contributed by atoms with Crippen molar-refractivity contribution >= 4 is 5.97 Å². The maximum Gasteiger partial charge on any atom is 0.310 e. The molecule has 23 heavy (non-hydrogen) atoms. The van der Waals surface area contributed by atoms with Crippen molar-refractivity contribution in [1.29, 1.82) is 0 Å². The first-order valence-electron chi connectivity index (χ1n) is 7.71. The smallest absolute Gasteiger partial charge is 0.310 e. The summed E-state index contributed by atoms with van der Waals surface area (Å²) >= 11 is 0. The van der Waals surface area contributed by atoms with E-state index >= 15 is 0 Å². The molecule has 0 atom stereocenters. The van der Waals surface area contributed by atoms with Crippen LogP contribution in [0.3, 0.4) is 0 Å². The molecular formula is C17H27NO5. The zero-order valence-electron chi connectivity index (χ0n) is 14.6. The SMILES string of the molecule is CCC(CC)(CNCc1ccc(OC)c(OC)c1OC)C(=O)O. The minimum absolute atomic E-state index is 0.396. The number of rotatable bonds is 10. The summed E-state index contributed by atoms with van der Waals surface area (Å²) in [4.78, 5) is 11.5. The van der Waals surface area contributed by atoms with Gasteiger partial charge in [0.1, 0.15) is 0 Å². The van der Waals surface area contributed by atoms with E-state index in [1.807, 2.05) is 26.0 Å². The van der Waals surface area contributed by atoms with Crippen molar-refractivity contribution in [2.75, 3.05) is 27.9 Å². The lowest BCUT2D eigenvalue weighted by Gasteiger charge is -2.27. The number of methoxy groups -OCH3 is 3. The lowest BCUT2D eigenvalue weighted by atomic mass is 9.82. The van der Waals surface area contributed by atoms with E-state index in [9.17, 15) is 9.90 Å². The number of ether oxygens (including phenoxy) is 3. The minimum Gasteiger partial charge on any atom is -0.493 e. The van der Waals surface area contributed by atoms with Crippen LogP contribution in [0.5, 0.6) is 17.2 Å². The Morgan fingerprint density at radius 2 is 1.70 bits per heavy atom. The zero-order chi connectivity index (χ0) is 17.5. The van der Waals surface area contributed by atoms with Crippen molar-refractivity contribution < 1.29 is 24.1 Å². The second kappa shape index (κ2) is 8.62. The van der Waals surface area contributed by atoms with Crippen molar-refractivity contribution in [3.8, 4) is 17.2 Å². The molecule has 0 saturated carbocycles. The first kappa shape index (κ1) is 19.1. The fraction of sp³-hybridized carbons (Fsp3) is 0.588. The number of carboxylic acids is 1. The molecule has 6 nitrogen and oxygen atoms in total. The van der Waals surface area contributed by atoms with Crippen molar-refractivity contribution in [1.82, 2.24) is 5.32 Å². The van der Waals surface area contributed by atoms with Crippen LogP contribution < -0.4 is 19.5 Å². The molecule has 6 heteroatoms. The Morgan fingerprint density at radius 3 is 2.13 bits per heavy atom. The Labute approximate surface area is 137 Å². The van der Waals surface area contributed by atoms with Gasteiger partial charge in [-0.15, -0.1) is 0 Å². The summed E-state index contributed by atoms with van der Waals surface area (Å²) in [5.74, 6) is 0.947. The van der Waals surface area contributed by atoms with E-state index in [1.165, 1.54) is 0 Å². The van der Waals surface area contributed by atoms with E-state index in [4.69, 9.17) is 14.2 Å². The molecule has 0 amide bonds. The van der Waals surface area contributed by atoms with Gasteiger partial charge in [-0.2, -0.15) is 0 Å². The number of hydrogen-bond donors (Lipinski definition) is 2. The van der Waals surface area contributed by atoms with E-state index in [0.29, 0.717) is 43.2 Å². The first-order chi connectivity index (χ1) is 11.0. The maximum absolute atomic E-state index is 11.5. The molecule has 1 aromatic carbocycles. The van der Waals surface area contributed by atoms with E-state index in [1.54, 1.807) is 21.3 Å². The van der Waals surface area contributed by atoms with Gasteiger partial charge in [0.15, 0.2) is 11.5 Å². The monoisotopic (exact) mass is 325 g/mol. The van der Waals surface area contributed by atoms with Gasteiger partial charge in [-0.05, 0) is 18.9 Å². The second-order valence-corrected chi connectivity index (χ2v) is 5.39. The summed E-state index contributed by atoms with van der Waals surface area (Å²) in [6.45, 7) is 4.68. The van der Waals surface area contributed by atoms with Gasteiger partial charge in [0.2, 0.25) is 5.75 Å². The summed E-state index contributed by atoms with van der Waals surface area (Å²) in [6.07, 6.45) is 1.16. The van der Waals surface area contributed by atoms with Crippen LogP contribution in [0.25, 0.3) is 0 Å². The van der Waals surface area contributed by atoms with Crippen LogP contribution in [-0.4, -0.2) is 38.9 Å². The first-order valence-corrected chi connectivity index (χ1v) is 7.71. The molecule has 0 aliphatic heterocycles. The van der Waals surface area contributed by atoms with Gasteiger partial charge >= 0.3 is 5.97 Å². The van der Waals surface area contributed by atoms with Gasteiger partial charge in [0, 0.05) is 18.7 Å². The van der Waals surface area contributed by atoms with Gasteiger partial charge in [-0.3, -0.25) is 4.79 Å². The van der Waals surface area contributed by atoms with Crippen LogP contribution in [0.2, 0.25) is 0 Å². The van der Waals surface area contributed by atoms with Gasteiger partial charge in [0.05, 0.1) is 26.7 Å². The molecule has 0 aliphatic carbocycles. The Bertz CT molecular complexity index is 526. The fourth-order valence-corrected chi connectivity index (χ4v) is 2.62. The molecule has 1 aromatic rings. The normalized spacial score (nSPS) is 11.2. The molecule has 0 aromatic heterocycles. The molecule has 0 radical (unpaired) electrons. The third-order valence-corrected chi connectivity index (χ3v) is 4.37. The van der Waals surface area contributed by atoms with Gasteiger partial charge in [-0.25, -0.2) is 0 Å². The lowest BCUT2D eigenvalue weighted by molar-refractivity contribution is -0.149. The third kappa shape index (κ3) is 4.07. The quantitative estimate of drug-likeness (QED) is 0.689. The summed E-state index contributed by atoms with van der Waals surface area (Å²) < 4.78 is 16.0. The summed E-state index contributed by atoms with van der Waals surface area (Å²) in [6, 6.07) is 3.69. The predicted octanol–water partition coefficient (Wildman–Crippen LogP) is 2.69. The summed E-state index contributed by atoms with van der Waals surface area (Å²) in [7, 11) is 4.69. The van der Waals surface area contributed by atoms with Crippen LogP contribution in [-0.2, 0) is 11.3 Å². The maximum atomic E-state index is 11.5. The largest absolute Gasteiger partial charge is 0.493 e. The van der Waals surface area contributed by atoms with Crippen molar-refractivity contribution in [2.45, 2.75) is 33.2 Å². The van der Waals surface area contributed by atoms with E-state index in [-0.39, 0.29) is 0 Å². The van der Waals surface area contributed by atoms with Gasteiger partial charge in [-0.1, -0.05) is 19.9 Å². The molecule has 0 spiro atoms. The van der Waals surface area contributed by atoms with Crippen LogP contribution in [0.4, 0.5) is 0 Å².